The lowest BCUT2D eigenvalue weighted by Crippen LogP contribution is -2.44. The number of ether oxygens (including phenoxy) is 2. The largest absolute Gasteiger partial charge is 0.466 e. The molecule has 174 valence electrons. The number of carbonyl (C=O) groups is 2. The van der Waals surface area contributed by atoms with E-state index in [-0.39, 0.29) is 13.0 Å². The zero-order valence-electron chi connectivity index (χ0n) is 18.9. The van der Waals surface area contributed by atoms with Crippen molar-refractivity contribution in [1.82, 2.24) is 5.32 Å². The molecule has 31 heavy (non-hydrogen) atoms. The van der Waals surface area contributed by atoms with E-state index in [1.807, 2.05) is 0 Å². The lowest BCUT2D eigenvalue weighted by molar-refractivity contribution is -0.147. The number of amides is 1. The minimum Gasteiger partial charge on any atom is -0.466 e. The Hall–Kier alpha value is -2.51. The summed E-state index contributed by atoms with van der Waals surface area (Å²) in [6.45, 7) is 9.78. The minimum atomic E-state index is -4.78. The van der Waals surface area contributed by atoms with Gasteiger partial charge in [0.15, 0.2) is 0 Å². The van der Waals surface area contributed by atoms with Crippen molar-refractivity contribution in [2.75, 3.05) is 6.61 Å². The van der Waals surface area contributed by atoms with Crippen LogP contribution in [0.2, 0.25) is 0 Å². The number of rotatable bonds is 8. The number of nitrogens with one attached hydrogen (secondary N) is 1. The van der Waals surface area contributed by atoms with Gasteiger partial charge < -0.3 is 14.8 Å². The zero-order chi connectivity index (χ0) is 23.8. The van der Waals surface area contributed by atoms with Crippen molar-refractivity contribution in [1.29, 1.82) is 0 Å². The first-order chi connectivity index (χ1) is 14.2. The van der Waals surface area contributed by atoms with Crippen LogP contribution >= 0.6 is 0 Å². The molecule has 1 amide bonds. The second kappa shape index (κ2) is 11.2. The van der Waals surface area contributed by atoms with Crippen molar-refractivity contribution in [3.8, 4) is 0 Å². The third-order valence-electron chi connectivity index (χ3n) is 4.31. The highest BCUT2D eigenvalue weighted by Crippen LogP contribution is 2.33. The Bertz CT molecular complexity index is 752. The number of carbonyl (C=O) groups excluding carboxylic acids is 2. The summed E-state index contributed by atoms with van der Waals surface area (Å²) < 4.78 is 52.5. The van der Waals surface area contributed by atoms with Gasteiger partial charge in [-0.25, -0.2) is 4.79 Å². The van der Waals surface area contributed by atoms with Gasteiger partial charge in [0.2, 0.25) is 0 Å². The van der Waals surface area contributed by atoms with E-state index in [9.17, 15) is 22.8 Å². The maximum Gasteiger partial charge on any atom is 0.414 e. The van der Waals surface area contributed by atoms with E-state index in [4.69, 9.17) is 9.47 Å². The molecule has 0 bridgehead atoms. The summed E-state index contributed by atoms with van der Waals surface area (Å²) in [5, 5.41) is 2.34. The standard InChI is InChI=1S/C23H32F3NO4/c1-7-30-20(28)17(15(2)3)14-18(23(24,25)26)19(13-16-11-9-8-10-12-16)27-21(29)31-22(4,5)6/h8-12,14-15,17,19H,7,13H2,1-6H3,(H,27,29)/b18-14-/t17-,19+/m1/s1. The van der Waals surface area contributed by atoms with Crippen molar-refractivity contribution in [2.45, 2.75) is 65.8 Å². The van der Waals surface area contributed by atoms with Gasteiger partial charge in [-0.1, -0.05) is 50.3 Å². The average molecular weight is 444 g/mol. The third-order valence-corrected chi connectivity index (χ3v) is 4.31. The van der Waals surface area contributed by atoms with Gasteiger partial charge in [0.25, 0.3) is 0 Å². The molecule has 0 unspecified atom stereocenters. The first-order valence-electron chi connectivity index (χ1n) is 10.2. The number of hydrogen-bond acceptors (Lipinski definition) is 4. The number of alkyl halides is 3. The van der Waals surface area contributed by atoms with E-state index in [2.05, 4.69) is 5.32 Å². The highest BCUT2D eigenvalue weighted by atomic mass is 19.4. The molecule has 0 aromatic heterocycles. The summed E-state index contributed by atoms with van der Waals surface area (Å²) in [4.78, 5) is 24.6. The van der Waals surface area contributed by atoms with Crippen LogP contribution in [0.4, 0.5) is 18.0 Å². The van der Waals surface area contributed by atoms with Crippen LogP contribution in [0.1, 0.15) is 47.1 Å². The number of hydrogen-bond donors (Lipinski definition) is 1. The molecule has 0 saturated heterocycles. The van der Waals surface area contributed by atoms with Crippen molar-refractivity contribution in [2.24, 2.45) is 11.8 Å². The number of esters is 1. The van der Waals surface area contributed by atoms with E-state index < -0.39 is 47.3 Å². The van der Waals surface area contributed by atoms with E-state index in [0.29, 0.717) is 5.56 Å². The lowest BCUT2D eigenvalue weighted by Gasteiger charge is -2.28. The lowest BCUT2D eigenvalue weighted by atomic mass is 9.89. The first kappa shape index (κ1) is 26.5. The van der Waals surface area contributed by atoms with Crippen LogP contribution in [-0.2, 0) is 20.7 Å². The van der Waals surface area contributed by atoms with Gasteiger partial charge in [-0.2, -0.15) is 13.2 Å². The predicted octanol–water partition coefficient (Wildman–Crippen LogP) is 5.45. The van der Waals surface area contributed by atoms with Crippen LogP contribution in [0, 0.1) is 11.8 Å². The molecule has 1 aromatic carbocycles. The van der Waals surface area contributed by atoms with Crippen LogP contribution in [0.3, 0.4) is 0 Å². The van der Waals surface area contributed by atoms with Gasteiger partial charge in [0.1, 0.15) is 5.60 Å². The van der Waals surface area contributed by atoms with E-state index in [1.165, 1.54) is 0 Å². The molecule has 1 N–H and O–H groups in total. The van der Waals surface area contributed by atoms with Gasteiger partial charge in [0.05, 0.1) is 24.1 Å². The molecule has 0 radical (unpaired) electrons. The number of benzene rings is 1. The maximum absolute atomic E-state index is 14.1. The maximum atomic E-state index is 14.1. The molecule has 0 aliphatic heterocycles. The normalized spacial score (nSPS) is 14.7. The molecule has 0 aliphatic carbocycles. The van der Waals surface area contributed by atoms with Crippen LogP contribution in [0.5, 0.6) is 0 Å². The van der Waals surface area contributed by atoms with Crippen LogP contribution < -0.4 is 5.32 Å². The highest BCUT2D eigenvalue weighted by Gasteiger charge is 2.41. The van der Waals surface area contributed by atoms with Gasteiger partial charge in [0, 0.05) is 0 Å². The second-order valence-corrected chi connectivity index (χ2v) is 8.53. The third kappa shape index (κ3) is 9.44. The Morgan fingerprint density at radius 3 is 2.13 bits per heavy atom. The first-order valence-corrected chi connectivity index (χ1v) is 10.2. The molecule has 8 heteroatoms. The van der Waals surface area contributed by atoms with Crippen molar-refractivity contribution in [3.63, 3.8) is 0 Å². The quantitative estimate of drug-likeness (QED) is 0.429. The average Bonchev–Trinajstić information content (AvgIpc) is 2.59. The summed E-state index contributed by atoms with van der Waals surface area (Å²) in [5.41, 5.74) is -1.31. The summed E-state index contributed by atoms with van der Waals surface area (Å²) in [6.07, 6.45) is -5.01. The summed E-state index contributed by atoms with van der Waals surface area (Å²) in [5.74, 6) is -2.29. The van der Waals surface area contributed by atoms with Gasteiger partial charge >= 0.3 is 18.2 Å². The Balaban J connectivity index is 3.42. The Labute approximate surface area is 182 Å². The van der Waals surface area contributed by atoms with E-state index in [0.717, 1.165) is 6.08 Å². The molecule has 5 nitrogen and oxygen atoms in total. The van der Waals surface area contributed by atoms with Crippen LogP contribution in [-0.4, -0.2) is 36.5 Å². The molecule has 1 rings (SSSR count). The predicted molar refractivity (Wildman–Crippen MR) is 112 cm³/mol. The fourth-order valence-electron chi connectivity index (χ4n) is 2.91. The highest BCUT2D eigenvalue weighted by molar-refractivity contribution is 5.75. The molecular formula is C23H32F3NO4. The summed E-state index contributed by atoms with van der Waals surface area (Å²) in [7, 11) is 0. The Morgan fingerprint density at radius 2 is 1.68 bits per heavy atom. The van der Waals surface area contributed by atoms with Crippen molar-refractivity contribution < 1.29 is 32.2 Å². The molecular weight excluding hydrogens is 411 g/mol. The molecule has 2 atom stereocenters. The SMILES string of the molecule is CCOC(=O)[C@H](/C=C(/[C@H](Cc1ccccc1)NC(=O)OC(C)(C)C)C(F)(F)F)C(C)C. The van der Waals surface area contributed by atoms with Crippen LogP contribution in [0.15, 0.2) is 42.0 Å². The molecule has 0 aliphatic rings. The Kier molecular flexibility index (Phi) is 9.59. The zero-order valence-corrected chi connectivity index (χ0v) is 18.9. The molecule has 1 aromatic rings. The molecule has 0 heterocycles. The monoisotopic (exact) mass is 443 g/mol. The fraction of sp³-hybridized carbons (Fsp3) is 0.565. The second-order valence-electron chi connectivity index (χ2n) is 8.53. The number of alkyl carbamates (subject to hydrolysis) is 1. The fourth-order valence-corrected chi connectivity index (χ4v) is 2.91. The summed E-state index contributed by atoms with van der Waals surface area (Å²) >= 11 is 0. The smallest absolute Gasteiger partial charge is 0.414 e. The molecule has 0 spiro atoms. The minimum absolute atomic E-state index is 0.0564. The van der Waals surface area contributed by atoms with Crippen molar-refractivity contribution >= 4 is 12.1 Å². The van der Waals surface area contributed by atoms with E-state index >= 15 is 0 Å². The van der Waals surface area contributed by atoms with E-state index in [1.54, 1.807) is 71.9 Å². The molecule has 0 fully saturated rings. The van der Waals surface area contributed by atoms with Gasteiger partial charge in [-0.05, 0) is 45.6 Å². The summed E-state index contributed by atoms with van der Waals surface area (Å²) in [6, 6.07) is 7.04. The number of halogens is 3. The van der Waals surface area contributed by atoms with Gasteiger partial charge in [-0.15, -0.1) is 0 Å². The topological polar surface area (TPSA) is 64.6 Å². The van der Waals surface area contributed by atoms with Crippen molar-refractivity contribution in [3.05, 3.63) is 47.5 Å². The Morgan fingerprint density at radius 1 is 1.10 bits per heavy atom. The van der Waals surface area contributed by atoms with Gasteiger partial charge in [-0.3, -0.25) is 4.79 Å². The molecule has 0 saturated carbocycles. The van der Waals surface area contributed by atoms with Crippen LogP contribution in [0.25, 0.3) is 0 Å².